The first kappa shape index (κ1) is 30.0. The number of hydrogen-bond donors (Lipinski definition) is 1. The van der Waals surface area contributed by atoms with E-state index in [1.54, 1.807) is 48.5 Å². The van der Waals surface area contributed by atoms with Crippen LogP contribution in [0, 0.1) is 0 Å². The lowest BCUT2D eigenvalue weighted by atomic mass is 10.0. The van der Waals surface area contributed by atoms with Crippen LogP contribution in [0.4, 0.5) is 10.5 Å². The number of carbonyl (C=O) groups excluding carboxylic acids is 3. The SMILES string of the molecule is COc1cc(/C=C2/SC(=O)N(CC(=O)Nc3ccc(C(C)C)cc3)C2=O)cc(Br)c1OCc1ccc(Cl)cc1Cl. The molecule has 0 spiro atoms. The molecule has 1 aliphatic rings. The first-order chi connectivity index (χ1) is 19.0. The fourth-order valence-electron chi connectivity index (χ4n) is 3.83. The van der Waals surface area contributed by atoms with Crippen LogP contribution in [0.2, 0.25) is 10.0 Å². The molecule has 4 rings (SSSR count). The zero-order valence-corrected chi connectivity index (χ0v) is 25.7. The predicted octanol–water partition coefficient (Wildman–Crippen LogP) is 8.14. The van der Waals surface area contributed by atoms with E-state index in [0.29, 0.717) is 43.2 Å². The normalized spacial score (nSPS) is 14.3. The van der Waals surface area contributed by atoms with Crippen molar-refractivity contribution in [3.8, 4) is 11.5 Å². The van der Waals surface area contributed by atoms with E-state index in [2.05, 4.69) is 35.1 Å². The van der Waals surface area contributed by atoms with E-state index in [-0.39, 0.29) is 18.1 Å². The van der Waals surface area contributed by atoms with Crippen molar-refractivity contribution < 1.29 is 23.9 Å². The molecule has 0 aliphatic carbocycles. The Labute approximate surface area is 254 Å². The maximum Gasteiger partial charge on any atom is 0.294 e. The summed E-state index contributed by atoms with van der Waals surface area (Å²) in [5, 5.41) is 3.22. The number of amides is 3. The number of nitrogens with zero attached hydrogens (tertiary/aromatic N) is 1. The smallest absolute Gasteiger partial charge is 0.294 e. The van der Waals surface area contributed by atoms with Crippen molar-refractivity contribution in [3.63, 3.8) is 0 Å². The summed E-state index contributed by atoms with van der Waals surface area (Å²) in [6, 6.07) is 16.0. The van der Waals surface area contributed by atoms with E-state index >= 15 is 0 Å². The van der Waals surface area contributed by atoms with Gasteiger partial charge >= 0.3 is 0 Å². The highest BCUT2D eigenvalue weighted by molar-refractivity contribution is 9.10. The highest BCUT2D eigenvalue weighted by Gasteiger charge is 2.36. The Kier molecular flexibility index (Phi) is 9.84. The van der Waals surface area contributed by atoms with Crippen molar-refractivity contribution in [1.29, 1.82) is 0 Å². The van der Waals surface area contributed by atoms with Gasteiger partial charge in [-0.3, -0.25) is 19.3 Å². The van der Waals surface area contributed by atoms with Gasteiger partial charge < -0.3 is 14.8 Å². The molecule has 40 heavy (non-hydrogen) atoms. The van der Waals surface area contributed by atoms with E-state index in [4.69, 9.17) is 32.7 Å². The van der Waals surface area contributed by atoms with E-state index in [9.17, 15) is 14.4 Å². The topological polar surface area (TPSA) is 84.9 Å². The second-order valence-electron chi connectivity index (χ2n) is 9.15. The number of thioether (sulfide) groups is 1. The third-order valence-electron chi connectivity index (χ3n) is 5.97. The number of imide groups is 1. The Morgan fingerprint density at radius 3 is 2.48 bits per heavy atom. The maximum absolute atomic E-state index is 13.0. The van der Waals surface area contributed by atoms with E-state index in [0.717, 1.165) is 27.8 Å². The zero-order chi connectivity index (χ0) is 29.0. The molecular weight excluding hydrogens is 639 g/mol. The Morgan fingerprint density at radius 1 is 1.10 bits per heavy atom. The lowest BCUT2D eigenvalue weighted by Gasteiger charge is -2.14. The second-order valence-corrected chi connectivity index (χ2v) is 11.8. The molecule has 0 unspecified atom stereocenters. The van der Waals surface area contributed by atoms with Crippen LogP contribution < -0.4 is 14.8 Å². The van der Waals surface area contributed by atoms with Crippen molar-refractivity contribution in [1.82, 2.24) is 4.90 Å². The van der Waals surface area contributed by atoms with E-state index in [1.807, 2.05) is 12.1 Å². The standard InChI is InChI=1S/C29H25BrCl2N2O5S/c1-16(2)18-5-8-21(9-6-18)33-26(35)14-34-28(36)25(40-29(34)37)12-17-10-22(30)27(24(11-17)38-3)39-15-19-4-7-20(31)13-23(19)32/h4-13,16H,14-15H2,1-3H3,(H,33,35)/b25-12+. The molecule has 11 heteroatoms. The third kappa shape index (κ3) is 7.20. The van der Waals surface area contributed by atoms with Crippen molar-refractivity contribution in [2.75, 3.05) is 19.0 Å². The summed E-state index contributed by atoms with van der Waals surface area (Å²) < 4.78 is 12.0. The summed E-state index contributed by atoms with van der Waals surface area (Å²) in [5.74, 6) is 0.204. The highest BCUT2D eigenvalue weighted by Crippen LogP contribution is 2.40. The fraction of sp³-hybridized carbons (Fsp3) is 0.207. The molecule has 0 bridgehead atoms. The molecule has 1 saturated heterocycles. The molecule has 3 aromatic carbocycles. The summed E-state index contributed by atoms with van der Waals surface area (Å²) in [4.78, 5) is 39.3. The highest BCUT2D eigenvalue weighted by atomic mass is 79.9. The molecule has 0 radical (unpaired) electrons. The van der Waals surface area contributed by atoms with Crippen LogP contribution in [0.15, 0.2) is 64.0 Å². The number of anilines is 1. The molecule has 1 fully saturated rings. The predicted molar refractivity (Wildman–Crippen MR) is 163 cm³/mol. The molecule has 7 nitrogen and oxygen atoms in total. The van der Waals surface area contributed by atoms with Gasteiger partial charge in [0.15, 0.2) is 11.5 Å². The number of hydrogen-bond acceptors (Lipinski definition) is 6. The number of carbonyl (C=O) groups is 3. The summed E-state index contributed by atoms with van der Waals surface area (Å²) in [5.41, 5.74) is 3.08. The summed E-state index contributed by atoms with van der Waals surface area (Å²) >= 11 is 16.5. The van der Waals surface area contributed by atoms with Crippen LogP contribution >= 0.6 is 50.9 Å². The molecule has 0 aromatic heterocycles. The maximum atomic E-state index is 13.0. The molecule has 3 amide bonds. The quantitative estimate of drug-likeness (QED) is 0.233. The van der Waals surface area contributed by atoms with Gasteiger partial charge in [0.05, 0.1) is 16.5 Å². The van der Waals surface area contributed by atoms with Gasteiger partial charge in [0.2, 0.25) is 5.91 Å². The van der Waals surface area contributed by atoms with Crippen LogP contribution in [-0.4, -0.2) is 35.6 Å². The van der Waals surface area contributed by atoms with Crippen LogP contribution in [0.1, 0.15) is 36.5 Å². The number of halogens is 3. The van der Waals surface area contributed by atoms with Crippen LogP contribution in [0.25, 0.3) is 6.08 Å². The van der Waals surface area contributed by atoms with Gasteiger partial charge in [-0.15, -0.1) is 0 Å². The average Bonchev–Trinajstić information content (AvgIpc) is 3.16. The largest absolute Gasteiger partial charge is 0.493 e. The fourth-order valence-corrected chi connectivity index (χ4v) is 5.71. The number of ether oxygens (including phenoxy) is 2. The zero-order valence-electron chi connectivity index (χ0n) is 21.8. The van der Waals surface area contributed by atoms with Gasteiger partial charge in [0, 0.05) is 21.3 Å². The van der Waals surface area contributed by atoms with Crippen LogP contribution in [0.3, 0.4) is 0 Å². The van der Waals surface area contributed by atoms with Crippen LogP contribution in [0.5, 0.6) is 11.5 Å². The molecule has 208 valence electrons. The van der Waals surface area contributed by atoms with E-state index < -0.39 is 17.1 Å². The van der Waals surface area contributed by atoms with Crippen LogP contribution in [-0.2, 0) is 16.2 Å². The summed E-state index contributed by atoms with van der Waals surface area (Å²) in [6.07, 6.45) is 1.57. The first-order valence-electron chi connectivity index (χ1n) is 12.1. The Morgan fingerprint density at radius 2 is 1.82 bits per heavy atom. The average molecular weight is 664 g/mol. The van der Waals surface area contributed by atoms with Gasteiger partial charge in [-0.05, 0) is 87.2 Å². The number of methoxy groups -OCH3 is 1. The van der Waals surface area contributed by atoms with Gasteiger partial charge in [-0.2, -0.15) is 0 Å². The minimum Gasteiger partial charge on any atom is -0.493 e. The van der Waals surface area contributed by atoms with Gasteiger partial charge in [-0.1, -0.05) is 55.2 Å². The molecule has 0 saturated carbocycles. The minimum absolute atomic E-state index is 0.174. The van der Waals surface area contributed by atoms with Crippen molar-refractivity contribution >= 4 is 79.7 Å². The summed E-state index contributed by atoms with van der Waals surface area (Å²) in [7, 11) is 1.50. The minimum atomic E-state index is -0.548. The van der Waals surface area contributed by atoms with Gasteiger partial charge in [0.25, 0.3) is 11.1 Å². The van der Waals surface area contributed by atoms with E-state index in [1.165, 1.54) is 7.11 Å². The molecule has 1 N–H and O–H groups in total. The molecular formula is C29H25BrCl2N2O5S. The number of nitrogens with one attached hydrogen (secondary N) is 1. The number of rotatable bonds is 9. The van der Waals surface area contributed by atoms with Crippen molar-refractivity contribution in [3.05, 3.63) is 90.7 Å². The second kappa shape index (κ2) is 13.1. The molecule has 3 aromatic rings. The Balaban J connectivity index is 1.45. The van der Waals surface area contributed by atoms with Gasteiger partial charge in [-0.25, -0.2) is 0 Å². The molecule has 1 heterocycles. The first-order valence-corrected chi connectivity index (χ1v) is 14.5. The molecule has 1 aliphatic heterocycles. The number of benzene rings is 3. The summed E-state index contributed by atoms with van der Waals surface area (Å²) in [6.45, 7) is 3.95. The Bertz CT molecular complexity index is 1490. The monoisotopic (exact) mass is 662 g/mol. The lowest BCUT2D eigenvalue weighted by molar-refractivity contribution is -0.127. The molecule has 0 atom stereocenters. The van der Waals surface area contributed by atoms with Crippen molar-refractivity contribution in [2.45, 2.75) is 26.4 Å². The third-order valence-corrected chi connectivity index (χ3v) is 8.06. The Hall–Kier alpha value is -2.98. The van der Waals surface area contributed by atoms with Crippen molar-refractivity contribution in [2.24, 2.45) is 0 Å². The van der Waals surface area contributed by atoms with Gasteiger partial charge in [0.1, 0.15) is 13.2 Å². The lowest BCUT2D eigenvalue weighted by Crippen LogP contribution is -2.36.